The molecule has 0 fully saturated rings. The van der Waals surface area contributed by atoms with Crippen LogP contribution in [0.1, 0.15) is 11.3 Å². The molecule has 0 aliphatic heterocycles. The first-order chi connectivity index (χ1) is 13.7. The lowest BCUT2D eigenvalue weighted by Crippen LogP contribution is -2.00. The van der Waals surface area contributed by atoms with Crippen molar-refractivity contribution in [1.82, 2.24) is 24.7 Å². The van der Waals surface area contributed by atoms with Crippen molar-refractivity contribution >= 4 is 23.4 Å². The summed E-state index contributed by atoms with van der Waals surface area (Å²) in [5.41, 5.74) is 3.24. The van der Waals surface area contributed by atoms with E-state index >= 15 is 0 Å². The second kappa shape index (κ2) is 7.80. The van der Waals surface area contributed by atoms with E-state index in [9.17, 15) is 0 Å². The third-order valence-electron chi connectivity index (χ3n) is 4.04. The molecule has 0 unspecified atom stereocenters. The second-order valence-electron chi connectivity index (χ2n) is 5.89. The number of aryl methyl sites for hydroxylation is 1. The van der Waals surface area contributed by atoms with E-state index in [1.165, 1.54) is 18.0 Å². The van der Waals surface area contributed by atoms with Gasteiger partial charge in [-0.3, -0.25) is 4.57 Å². The average Bonchev–Trinajstić information content (AvgIpc) is 3.13. The molecule has 6 nitrogen and oxygen atoms in total. The summed E-state index contributed by atoms with van der Waals surface area (Å²) in [6.07, 6.45) is 2.99. The molecule has 0 aliphatic rings. The normalized spacial score (nSPS) is 10.6. The summed E-state index contributed by atoms with van der Waals surface area (Å²) in [5, 5.41) is 19.6. The largest absolute Gasteiger partial charge is 0.270 e. The number of nitrogens with zero attached hydrogens (tertiary/aromatic N) is 6. The Labute approximate surface area is 170 Å². The van der Waals surface area contributed by atoms with Crippen LogP contribution in [0.2, 0.25) is 5.02 Å². The fourth-order valence-corrected chi connectivity index (χ4v) is 3.57. The number of aromatic nitrogens is 5. The van der Waals surface area contributed by atoms with Gasteiger partial charge in [0.15, 0.2) is 11.5 Å². The Morgan fingerprint density at radius 3 is 2.46 bits per heavy atom. The van der Waals surface area contributed by atoms with Gasteiger partial charge in [-0.1, -0.05) is 35.9 Å². The van der Waals surface area contributed by atoms with E-state index in [4.69, 9.17) is 16.9 Å². The van der Waals surface area contributed by atoms with E-state index in [0.717, 1.165) is 22.6 Å². The first kappa shape index (κ1) is 18.2. The van der Waals surface area contributed by atoms with Gasteiger partial charge in [0.05, 0.1) is 12.4 Å². The summed E-state index contributed by atoms with van der Waals surface area (Å²) >= 11 is 7.39. The predicted molar refractivity (Wildman–Crippen MR) is 107 cm³/mol. The lowest BCUT2D eigenvalue weighted by atomic mass is 10.1. The first-order valence-corrected chi connectivity index (χ1v) is 9.52. The minimum atomic E-state index is 0.268. The lowest BCUT2D eigenvalue weighted by Gasteiger charge is -2.11. The molecule has 136 valence electrons. The Morgan fingerprint density at radius 1 is 1.00 bits per heavy atom. The number of hydrogen-bond donors (Lipinski definition) is 0. The van der Waals surface area contributed by atoms with Gasteiger partial charge in [0, 0.05) is 16.3 Å². The summed E-state index contributed by atoms with van der Waals surface area (Å²) in [6.45, 7) is 2.04. The molecule has 0 amide bonds. The third-order valence-corrected chi connectivity index (χ3v) is 5.16. The molecule has 0 radical (unpaired) electrons. The van der Waals surface area contributed by atoms with Gasteiger partial charge in [-0.2, -0.15) is 5.26 Å². The maximum Gasteiger partial charge on any atom is 0.202 e. The van der Waals surface area contributed by atoms with Crippen LogP contribution in [0.25, 0.3) is 17.1 Å². The van der Waals surface area contributed by atoms with Crippen LogP contribution in [0.15, 0.2) is 71.1 Å². The molecule has 0 bridgehead atoms. The van der Waals surface area contributed by atoms with Crippen molar-refractivity contribution in [2.24, 2.45) is 0 Å². The molecule has 0 atom stereocenters. The maximum absolute atomic E-state index is 8.89. The summed E-state index contributed by atoms with van der Waals surface area (Å²) < 4.78 is 1.96. The lowest BCUT2D eigenvalue weighted by molar-refractivity contribution is 0.880. The van der Waals surface area contributed by atoms with E-state index in [1.807, 2.05) is 66.1 Å². The molecule has 0 saturated carbocycles. The summed E-state index contributed by atoms with van der Waals surface area (Å²) in [7, 11) is 0. The minimum absolute atomic E-state index is 0.268. The minimum Gasteiger partial charge on any atom is -0.270 e. The molecule has 0 aliphatic carbocycles. The Balaban J connectivity index is 1.83. The predicted octanol–water partition coefficient (Wildman–Crippen LogP) is 4.71. The van der Waals surface area contributed by atoms with E-state index < -0.39 is 0 Å². The average molecular weight is 405 g/mol. The number of hydrogen-bond acceptors (Lipinski definition) is 6. The standard InChI is InChI=1S/C20H13ClN6S/c1-13-4-2-3-5-17(13)19-25-26-20(27(19)16-8-6-14(21)7-9-16)28-18-12-23-15(10-22)11-24-18/h2-9,11-12H,1H3. The molecular weight excluding hydrogens is 392 g/mol. The van der Waals surface area contributed by atoms with Crippen molar-refractivity contribution in [3.63, 3.8) is 0 Å². The monoisotopic (exact) mass is 404 g/mol. The molecule has 4 rings (SSSR count). The number of halogens is 1. The summed E-state index contributed by atoms with van der Waals surface area (Å²) in [6, 6.07) is 17.5. The van der Waals surface area contributed by atoms with Crippen LogP contribution in [-0.2, 0) is 0 Å². The van der Waals surface area contributed by atoms with Gasteiger partial charge >= 0.3 is 0 Å². The topological polar surface area (TPSA) is 80.3 Å². The molecule has 4 aromatic rings. The number of rotatable bonds is 4. The molecule has 2 aromatic heterocycles. The van der Waals surface area contributed by atoms with Crippen LogP contribution in [-0.4, -0.2) is 24.7 Å². The van der Waals surface area contributed by atoms with Gasteiger partial charge in [-0.25, -0.2) is 9.97 Å². The Bertz CT molecular complexity index is 1160. The van der Waals surface area contributed by atoms with Gasteiger partial charge in [-0.05, 0) is 48.5 Å². The van der Waals surface area contributed by atoms with Gasteiger partial charge < -0.3 is 0 Å². The van der Waals surface area contributed by atoms with E-state index in [0.29, 0.717) is 15.2 Å². The number of benzene rings is 2. The SMILES string of the molecule is Cc1ccccc1-c1nnc(Sc2cnc(C#N)cn2)n1-c1ccc(Cl)cc1. The Hall–Kier alpha value is -3.21. The van der Waals surface area contributed by atoms with Crippen molar-refractivity contribution in [3.8, 4) is 23.1 Å². The van der Waals surface area contributed by atoms with Crippen molar-refractivity contribution in [2.45, 2.75) is 17.1 Å². The first-order valence-electron chi connectivity index (χ1n) is 8.33. The van der Waals surface area contributed by atoms with Gasteiger partial charge in [0.25, 0.3) is 0 Å². The summed E-state index contributed by atoms with van der Waals surface area (Å²) in [4.78, 5) is 8.34. The molecular formula is C20H13ClN6S. The van der Waals surface area contributed by atoms with Crippen LogP contribution in [0.3, 0.4) is 0 Å². The van der Waals surface area contributed by atoms with Crippen LogP contribution in [0.4, 0.5) is 0 Å². The molecule has 2 heterocycles. The molecule has 0 N–H and O–H groups in total. The van der Waals surface area contributed by atoms with Gasteiger partial charge in [-0.15, -0.1) is 10.2 Å². The molecule has 8 heteroatoms. The quantitative estimate of drug-likeness (QED) is 0.490. The third kappa shape index (κ3) is 3.60. The van der Waals surface area contributed by atoms with E-state index in [-0.39, 0.29) is 5.69 Å². The molecule has 0 saturated heterocycles. The zero-order valence-electron chi connectivity index (χ0n) is 14.7. The smallest absolute Gasteiger partial charge is 0.202 e. The van der Waals surface area contributed by atoms with Gasteiger partial charge in [0.1, 0.15) is 11.1 Å². The maximum atomic E-state index is 8.89. The molecule has 28 heavy (non-hydrogen) atoms. The van der Waals surface area contributed by atoms with E-state index in [2.05, 4.69) is 20.2 Å². The fourth-order valence-electron chi connectivity index (χ4n) is 2.68. The van der Waals surface area contributed by atoms with Crippen LogP contribution in [0.5, 0.6) is 0 Å². The van der Waals surface area contributed by atoms with Gasteiger partial charge in [0.2, 0.25) is 5.16 Å². The van der Waals surface area contributed by atoms with Crippen molar-refractivity contribution in [1.29, 1.82) is 5.26 Å². The number of nitriles is 1. The van der Waals surface area contributed by atoms with E-state index in [1.54, 1.807) is 6.20 Å². The fraction of sp³-hybridized carbons (Fsp3) is 0.0500. The van der Waals surface area contributed by atoms with Crippen LogP contribution in [0, 0.1) is 18.3 Å². The molecule has 0 spiro atoms. The highest BCUT2D eigenvalue weighted by Crippen LogP contribution is 2.32. The highest BCUT2D eigenvalue weighted by Gasteiger charge is 2.18. The molecule has 2 aromatic carbocycles. The van der Waals surface area contributed by atoms with Crippen LogP contribution >= 0.6 is 23.4 Å². The highest BCUT2D eigenvalue weighted by atomic mass is 35.5. The Kier molecular flexibility index (Phi) is 5.06. The van der Waals surface area contributed by atoms with Crippen LogP contribution < -0.4 is 0 Å². The summed E-state index contributed by atoms with van der Waals surface area (Å²) in [5.74, 6) is 0.726. The van der Waals surface area contributed by atoms with Crippen molar-refractivity contribution in [3.05, 3.63) is 77.2 Å². The zero-order valence-corrected chi connectivity index (χ0v) is 16.3. The Morgan fingerprint density at radius 2 is 1.79 bits per heavy atom. The van der Waals surface area contributed by atoms with Crippen molar-refractivity contribution in [2.75, 3.05) is 0 Å². The second-order valence-corrected chi connectivity index (χ2v) is 7.31. The highest BCUT2D eigenvalue weighted by molar-refractivity contribution is 7.99. The zero-order chi connectivity index (χ0) is 19.5. The van der Waals surface area contributed by atoms with Crippen molar-refractivity contribution < 1.29 is 0 Å².